The number of hydrogen-bond acceptors (Lipinski definition) is 6. The highest BCUT2D eigenvalue weighted by atomic mass is 32.2. The Labute approximate surface area is 170 Å². The number of halogens is 2. The maximum absolute atomic E-state index is 15.1. The number of aromatic nitrogens is 2. The van der Waals surface area contributed by atoms with Crippen molar-refractivity contribution in [3.05, 3.63) is 48.2 Å². The van der Waals surface area contributed by atoms with Crippen LogP contribution in [0.5, 0.6) is 0 Å². The van der Waals surface area contributed by atoms with Crippen LogP contribution in [0, 0.1) is 11.6 Å². The van der Waals surface area contributed by atoms with E-state index >= 15 is 4.39 Å². The second kappa shape index (κ2) is 7.73. The zero-order valence-corrected chi connectivity index (χ0v) is 16.7. The highest BCUT2D eigenvalue weighted by molar-refractivity contribution is 7.99. The maximum atomic E-state index is 15.1. The summed E-state index contributed by atoms with van der Waals surface area (Å²) in [5.41, 5.74) is 5.66. The summed E-state index contributed by atoms with van der Waals surface area (Å²) < 4.78 is 58.3. The Kier molecular flexibility index (Phi) is 5.28. The van der Waals surface area contributed by atoms with E-state index in [0.717, 1.165) is 12.1 Å². The van der Waals surface area contributed by atoms with Crippen LogP contribution in [-0.4, -0.2) is 47.3 Å². The van der Waals surface area contributed by atoms with Crippen molar-refractivity contribution in [2.45, 2.75) is 0 Å². The first-order chi connectivity index (χ1) is 13.8. The minimum atomic E-state index is -3.94. The van der Waals surface area contributed by atoms with Gasteiger partial charge in [0.25, 0.3) is 0 Å². The lowest BCUT2D eigenvalue weighted by atomic mass is 10.0. The molecule has 1 saturated heterocycles. The molecule has 4 rings (SSSR count). The second-order valence-corrected chi connectivity index (χ2v) is 9.30. The number of nitrogens with zero attached hydrogens (tertiary/aromatic N) is 3. The highest BCUT2D eigenvalue weighted by Gasteiger charge is 2.26. The third-order valence-electron chi connectivity index (χ3n) is 4.53. The minimum absolute atomic E-state index is 0.0927. The summed E-state index contributed by atoms with van der Waals surface area (Å²) in [7, 11) is -3.94. The van der Waals surface area contributed by atoms with Gasteiger partial charge in [0.2, 0.25) is 5.95 Å². The van der Waals surface area contributed by atoms with Gasteiger partial charge >= 0.3 is 10.2 Å². The van der Waals surface area contributed by atoms with Gasteiger partial charge in [-0.1, -0.05) is 6.07 Å². The van der Waals surface area contributed by atoms with Crippen LogP contribution in [0.1, 0.15) is 0 Å². The Balaban J connectivity index is 1.73. The van der Waals surface area contributed by atoms with Gasteiger partial charge in [-0.05, 0) is 29.8 Å². The van der Waals surface area contributed by atoms with Crippen LogP contribution in [-0.2, 0) is 10.2 Å². The molecule has 11 heteroatoms. The lowest BCUT2D eigenvalue weighted by Crippen LogP contribution is -2.41. The number of nitrogen functional groups attached to an aromatic ring is 1. The number of hydrogen-bond donors (Lipinski definition) is 2. The van der Waals surface area contributed by atoms with Crippen LogP contribution in [0.3, 0.4) is 0 Å². The Bertz CT molecular complexity index is 1180. The summed E-state index contributed by atoms with van der Waals surface area (Å²) in [6.45, 7) is 0.674. The quantitative estimate of drug-likeness (QED) is 0.651. The molecule has 0 aliphatic carbocycles. The van der Waals surface area contributed by atoms with E-state index in [4.69, 9.17) is 5.73 Å². The van der Waals surface area contributed by atoms with Crippen LogP contribution in [0.2, 0.25) is 0 Å². The van der Waals surface area contributed by atoms with Gasteiger partial charge < -0.3 is 5.73 Å². The molecule has 1 aliphatic rings. The molecule has 3 aromatic rings. The van der Waals surface area contributed by atoms with Crippen LogP contribution in [0.25, 0.3) is 22.0 Å². The van der Waals surface area contributed by atoms with Crippen LogP contribution in [0.15, 0.2) is 36.5 Å². The molecule has 3 N–H and O–H groups in total. The summed E-state index contributed by atoms with van der Waals surface area (Å²) in [5.74, 6) is -0.370. The number of nitrogens with two attached hydrogens (primary N) is 1. The van der Waals surface area contributed by atoms with Crippen molar-refractivity contribution >= 4 is 44.5 Å². The van der Waals surface area contributed by atoms with E-state index in [1.807, 2.05) is 0 Å². The zero-order valence-electron chi connectivity index (χ0n) is 15.1. The Morgan fingerprint density at radius 3 is 2.66 bits per heavy atom. The predicted molar refractivity (Wildman–Crippen MR) is 111 cm³/mol. The molecule has 7 nitrogen and oxygen atoms in total. The summed E-state index contributed by atoms with van der Waals surface area (Å²) >= 11 is 1.65. The summed E-state index contributed by atoms with van der Waals surface area (Å²) in [5, 5.41) is 0.548. The van der Waals surface area contributed by atoms with Crippen molar-refractivity contribution in [2.75, 3.05) is 35.1 Å². The third-order valence-corrected chi connectivity index (χ3v) is 6.99. The fourth-order valence-electron chi connectivity index (χ4n) is 3.09. The van der Waals surface area contributed by atoms with E-state index in [2.05, 4.69) is 14.7 Å². The normalized spacial score (nSPS) is 15.5. The van der Waals surface area contributed by atoms with E-state index in [0.29, 0.717) is 35.5 Å². The molecule has 0 radical (unpaired) electrons. The Hall–Kier alpha value is -2.50. The molecular weight excluding hydrogens is 420 g/mol. The Morgan fingerprint density at radius 2 is 1.90 bits per heavy atom. The molecule has 2 aromatic carbocycles. The Morgan fingerprint density at radius 1 is 1.14 bits per heavy atom. The average molecular weight is 437 g/mol. The topological polar surface area (TPSA) is 101 Å². The van der Waals surface area contributed by atoms with E-state index in [1.165, 1.54) is 22.6 Å². The smallest absolute Gasteiger partial charge is 0.301 e. The van der Waals surface area contributed by atoms with Crippen molar-refractivity contribution in [3.8, 4) is 11.1 Å². The molecule has 1 aliphatic heterocycles. The van der Waals surface area contributed by atoms with E-state index in [9.17, 15) is 12.8 Å². The summed E-state index contributed by atoms with van der Waals surface area (Å²) in [4.78, 5) is 7.94. The van der Waals surface area contributed by atoms with Gasteiger partial charge in [-0.25, -0.2) is 18.7 Å². The van der Waals surface area contributed by atoms with Crippen LogP contribution < -0.4 is 10.5 Å². The first kappa shape index (κ1) is 19.8. The molecule has 1 aromatic heterocycles. The van der Waals surface area contributed by atoms with Gasteiger partial charge in [0.05, 0.1) is 16.8 Å². The molecule has 0 atom stereocenters. The molecule has 152 valence electrons. The van der Waals surface area contributed by atoms with Crippen molar-refractivity contribution in [3.63, 3.8) is 0 Å². The molecule has 1 fully saturated rings. The minimum Gasteiger partial charge on any atom is -0.368 e. The van der Waals surface area contributed by atoms with Gasteiger partial charge in [-0.2, -0.15) is 24.5 Å². The van der Waals surface area contributed by atoms with Crippen molar-refractivity contribution < 1.29 is 17.2 Å². The molecule has 0 saturated carbocycles. The first-order valence-corrected chi connectivity index (χ1v) is 11.3. The SMILES string of the molecule is Nc1ncc2cc(-c3c(F)ccc(NS(=O)(=O)N4CCSCC4)c3F)ccc2n1. The zero-order chi connectivity index (χ0) is 20.6. The van der Waals surface area contributed by atoms with Gasteiger partial charge in [0, 0.05) is 36.2 Å². The highest BCUT2D eigenvalue weighted by Crippen LogP contribution is 2.33. The molecule has 0 spiro atoms. The summed E-state index contributed by atoms with van der Waals surface area (Å²) in [6.07, 6.45) is 1.46. The number of fused-ring (bicyclic) bond motifs is 1. The monoisotopic (exact) mass is 437 g/mol. The molecule has 0 unspecified atom stereocenters. The lowest BCUT2D eigenvalue weighted by Gasteiger charge is -2.26. The molecule has 0 amide bonds. The average Bonchev–Trinajstić information content (AvgIpc) is 2.71. The van der Waals surface area contributed by atoms with Gasteiger partial charge in [0.15, 0.2) is 5.82 Å². The fraction of sp³-hybridized carbons (Fsp3) is 0.222. The number of rotatable bonds is 4. The standard InChI is InChI=1S/C18H17F2N5O2S2/c19-13-2-4-15(24-29(26,27)25-5-7-28-8-6-25)17(20)16(13)11-1-3-14-12(9-11)10-22-18(21)23-14/h1-4,9-10,24H,5-8H2,(H2,21,22,23). The van der Waals surface area contributed by atoms with Crippen molar-refractivity contribution in [2.24, 2.45) is 0 Å². The number of anilines is 2. The number of nitrogens with one attached hydrogen (secondary N) is 1. The van der Waals surface area contributed by atoms with Gasteiger partial charge in [-0.15, -0.1) is 0 Å². The number of thioether (sulfide) groups is 1. The summed E-state index contributed by atoms with van der Waals surface area (Å²) in [6, 6.07) is 6.71. The van der Waals surface area contributed by atoms with Gasteiger partial charge in [-0.3, -0.25) is 4.72 Å². The predicted octanol–water partition coefficient (Wildman–Crippen LogP) is 2.86. The number of benzene rings is 2. The maximum Gasteiger partial charge on any atom is 0.301 e. The van der Waals surface area contributed by atoms with Gasteiger partial charge in [0.1, 0.15) is 5.82 Å². The van der Waals surface area contributed by atoms with E-state index in [-0.39, 0.29) is 22.8 Å². The van der Waals surface area contributed by atoms with Crippen LogP contribution >= 0.6 is 11.8 Å². The second-order valence-electron chi connectivity index (χ2n) is 6.40. The molecule has 2 heterocycles. The molecular formula is C18H17F2N5O2S2. The third kappa shape index (κ3) is 3.98. The fourth-order valence-corrected chi connectivity index (χ4v) is 5.45. The molecule has 0 bridgehead atoms. The first-order valence-electron chi connectivity index (χ1n) is 8.71. The lowest BCUT2D eigenvalue weighted by molar-refractivity contribution is 0.447. The van der Waals surface area contributed by atoms with Crippen LogP contribution in [0.4, 0.5) is 20.4 Å². The van der Waals surface area contributed by atoms with Crippen molar-refractivity contribution in [1.29, 1.82) is 0 Å². The van der Waals surface area contributed by atoms with E-state index < -0.39 is 21.8 Å². The largest absolute Gasteiger partial charge is 0.368 e. The van der Waals surface area contributed by atoms with Crippen molar-refractivity contribution in [1.82, 2.24) is 14.3 Å². The van der Waals surface area contributed by atoms with E-state index in [1.54, 1.807) is 17.8 Å². The molecule has 29 heavy (non-hydrogen) atoms.